The molecule has 0 saturated heterocycles. The Morgan fingerprint density at radius 3 is 2.58 bits per heavy atom. The number of rotatable bonds is 6. The lowest BCUT2D eigenvalue weighted by atomic mass is 10.1. The topological polar surface area (TPSA) is 127 Å². The number of amides is 2. The summed E-state index contributed by atoms with van der Waals surface area (Å²) in [5, 5.41) is 15.3. The SMILES string of the molecule is Cc1nn(C)cc1C(=O)NC(CCC(N)=O)C(=O)O. The number of primary amides is 1. The number of nitrogens with one attached hydrogen (secondary N) is 1. The monoisotopic (exact) mass is 268 g/mol. The summed E-state index contributed by atoms with van der Waals surface area (Å²) in [6.45, 7) is 1.65. The maximum absolute atomic E-state index is 11.9. The van der Waals surface area contributed by atoms with Crippen LogP contribution in [-0.2, 0) is 16.6 Å². The summed E-state index contributed by atoms with van der Waals surface area (Å²) < 4.78 is 1.46. The van der Waals surface area contributed by atoms with Gasteiger partial charge < -0.3 is 16.2 Å². The smallest absolute Gasteiger partial charge is 0.326 e. The van der Waals surface area contributed by atoms with Gasteiger partial charge in [0.1, 0.15) is 6.04 Å². The highest BCUT2D eigenvalue weighted by Crippen LogP contribution is 2.06. The minimum absolute atomic E-state index is 0.0459. The van der Waals surface area contributed by atoms with E-state index in [1.165, 1.54) is 10.9 Å². The van der Waals surface area contributed by atoms with Gasteiger partial charge in [-0.1, -0.05) is 0 Å². The van der Waals surface area contributed by atoms with Crippen molar-refractivity contribution in [3.63, 3.8) is 0 Å². The van der Waals surface area contributed by atoms with Gasteiger partial charge in [0.2, 0.25) is 5.91 Å². The number of carbonyl (C=O) groups excluding carboxylic acids is 2. The predicted molar refractivity (Wildman–Crippen MR) is 65.3 cm³/mol. The molecular formula is C11H16N4O4. The molecule has 2 amide bonds. The summed E-state index contributed by atoms with van der Waals surface area (Å²) in [5.74, 6) is -2.36. The largest absolute Gasteiger partial charge is 0.480 e. The van der Waals surface area contributed by atoms with Crippen LogP contribution in [0.15, 0.2) is 6.20 Å². The first-order valence-electron chi connectivity index (χ1n) is 5.63. The number of aliphatic carboxylic acids is 1. The van der Waals surface area contributed by atoms with E-state index in [0.717, 1.165) is 0 Å². The van der Waals surface area contributed by atoms with E-state index in [1.807, 2.05) is 0 Å². The zero-order valence-electron chi connectivity index (χ0n) is 10.7. The Balaban J connectivity index is 2.74. The maximum Gasteiger partial charge on any atom is 0.326 e. The predicted octanol–water partition coefficient (Wildman–Crippen LogP) is -0.823. The van der Waals surface area contributed by atoms with E-state index < -0.39 is 23.8 Å². The molecule has 0 fully saturated rings. The minimum Gasteiger partial charge on any atom is -0.480 e. The lowest BCUT2D eigenvalue weighted by molar-refractivity contribution is -0.139. The van der Waals surface area contributed by atoms with Gasteiger partial charge in [-0.15, -0.1) is 0 Å². The first-order chi connectivity index (χ1) is 8.81. The van der Waals surface area contributed by atoms with Crippen molar-refractivity contribution in [2.75, 3.05) is 0 Å². The van der Waals surface area contributed by atoms with Gasteiger partial charge in [-0.05, 0) is 13.3 Å². The average Bonchev–Trinajstić information content (AvgIpc) is 2.62. The van der Waals surface area contributed by atoms with Crippen LogP contribution in [0.5, 0.6) is 0 Å². The molecule has 1 aromatic heterocycles. The van der Waals surface area contributed by atoms with E-state index in [1.54, 1.807) is 14.0 Å². The van der Waals surface area contributed by atoms with Crippen LogP contribution in [-0.4, -0.2) is 38.7 Å². The highest BCUT2D eigenvalue weighted by Gasteiger charge is 2.22. The Morgan fingerprint density at radius 1 is 1.53 bits per heavy atom. The highest BCUT2D eigenvalue weighted by molar-refractivity contribution is 5.97. The van der Waals surface area contributed by atoms with E-state index in [-0.39, 0.29) is 12.8 Å². The van der Waals surface area contributed by atoms with Crippen LogP contribution in [0.4, 0.5) is 0 Å². The van der Waals surface area contributed by atoms with Gasteiger partial charge in [0.15, 0.2) is 0 Å². The quantitative estimate of drug-likeness (QED) is 0.621. The Hall–Kier alpha value is -2.38. The van der Waals surface area contributed by atoms with Crippen molar-refractivity contribution in [3.8, 4) is 0 Å². The molecule has 1 heterocycles. The van der Waals surface area contributed by atoms with Crippen LogP contribution < -0.4 is 11.1 Å². The second-order valence-electron chi connectivity index (χ2n) is 4.17. The third-order valence-corrected chi connectivity index (χ3v) is 2.54. The molecule has 0 bridgehead atoms. The van der Waals surface area contributed by atoms with Crippen molar-refractivity contribution in [1.29, 1.82) is 0 Å². The fourth-order valence-corrected chi connectivity index (χ4v) is 1.60. The number of nitrogens with two attached hydrogens (primary N) is 1. The van der Waals surface area contributed by atoms with Crippen molar-refractivity contribution in [2.24, 2.45) is 12.8 Å². The fourth-order valence-electron chi connectivity index (χ4n) is 1.60. The zero-order valence-corrected chi connectivity index (χ0v) is 10.7. The van der Waals surface area contributed by atoms with E-state index in [4.69, 9.17) is 10.8 Å². The van der Waals surface area contributed by atoms with Gasteiger partial charge in [-0.3, -0.25) is 14.3 Å². The van der Waals surface area contributed by atoms with Crippen molar-refractivity contribution in [3.05, 3.63) is 17.5 Å². The first kappa shape index (κ1) is 14.7. The highest BCUT2D eigenvalue weighted by atomic mass is 16.4. The van der Waals surface area contributed by atoms with Gasteiger partial charge in [-0.25, -0.2) is 4.79 Å². The van der Waals surface area contributed by atoms with Crippen LogP contribution >= 0.6 is 0 Å². The molecule has 104 valence electrons. The number of hydrogen-bond acceptors (Lipinski definition) is 4. The second kappa shape index (κ2) is 5.98. The Labute approximate surface area is 109 Å². The molecule has 0 aliphatic heterocycles. The van der Waals surface area contributed by atoms with Crippen molar-refractivity contribution in [2.45, 2.75) is 25.8 Å². The van der Waals surface area contributed by atoms with Crippen molar-refractivity contribution >= 4 is 17.8 Å². The third kappa shape index (κ3) is 4.09. The van der Waals surface area contributed by atoms with Crippen LogP contribution in [0.2, 0.25) is 0 Å². The molecule has 8 heteroatoms. The summed E-state index contributed by atoms with van der Waals surface area (Å²) in [6.07, 6.45) is 1.34. The van der Waals surface area contributed by atoms with Crippen LogP contribution in [0, 0.1) is 6.92 Å². The van der Waals surface area contributed by atoms with Gasteiger partial charge in [0, 0.05) is 19.7 Å². The van der Waals surface area contributed by atoms with Gasteiger partial charge >= 0.3 is 5.97 Å². The molecule has 1 atom stereocenters. The third-order valence-electron chi connectivity index (χ3n) is 2.54. The lowest BCUT2D eigenvalue weighted by Crippen LogP contribution is -2.41. The number of hydrogen-bond donors (Lipinski definition) is 3. The molecule has 19 heavy (non-hydrogen) atoms. The molecule has 1 aromatic rings. The van der Waals surface area contributed by atoms with Crippen LogP contribution in [0.3, 0.4) is 0 Å². The molecule has 1 rings (SSSR count). The molecule has 0 radical (unpaired) electrons. The standard InChI is InChI=1S/C11H16N4O4/c1-6-7(5-15(2)14-6)10(17)13-8(11(18)19)3-4-9(12)16/h5,8H,3-4H2,1-2H3,(H2,12,16)(H,13,17)(H,18,19). The van der Waals surface area contributed by atoms with E-state index in [0.29, 0.717) is 11.3 Å². The summed E-state index contributed by atoms with van der Waals surface area (Å²) >= 11 is 0. The van der Waals surface area contributed by atoms with Gasteiger partial charge in [0.05, 0.1) is 11.3 Å². The normalized spacial score (nSPS) is 11.9. The number of carbonyl (C=O) groups is 3. The minimum atomic E-state index is -1.21. The summed E-state index contributed by atoms with van der Waals surface area (Å²) in [7, 11) is 1.66. The lowest BCUT2D eigenvalue weighted by Gasteiger charge is -2.13. The van der Waals surface area contributed by atoms with E-state index >= 15 is 0 Å². The number of nitrogens with zero attached hydrogens (tertiary/aromatic N) is 2. The molecule has 1 unspecified atom stereocenters. The first-order valence-corrected chi connectivity index (χ1v) is 5.63. The van der Waals surface area contributed by atoms with Crippen LogP contribution in [0.1, 0.15) is 28.9 Å². The number of carboxylic acids is 1. The molecule has 0 aliphatic rings. The Bertz CT molecular complexity index is 509. The number of carboxylic acid groups (broad SMARTS) is 1. The zero-order chi connectivity index (χ0) is 14.6. The molecule has 8 nitrogen and oxygen atoms in total. The Morgan fingerprint density at radius 2 is 2.16 bits per heavy atom. The van der Waals surface area contributed by atoms with Gasteiger partial charge in [0.25, 0.3) is 5.91 Å². The summed E-state index contributed by atoms with van der Waals surface area (Å²) in [5.41, 5.74) is 5.75. The average molecular weight is 268 g/mol. The van der Waals surface area contributed by atoms with Crippen molar-refractivity contribution in [1.82, 2.24) is 15.1 Å². The number of aryl methyl sites for hydroxylation is 2. The summed E-state index contributed by atoms with van der Waals surface area (Å²) in [4.78, 5) is 33.5. The van der Waals surface area contributed by atoms with E-state index in [2.05, 4.69) is 10.4 Å². The fraction of sp³-hybridized carbons (Fsp3) is 0.455. The molecule has 4 N–H and O–H groups in total. The Kier molecular flexibility index (Phi) is 4.62. The maximum atomic E-state index is 11.9. The molecule has 0 spiro atoms. The molecular weight excluding hydrogens is 252 g/mol. The van der Waals surface area contributed by atoms with Crippen LogP contribution in [0.25, 0.3) is 0 Å². The molecule has 0 aliphatic carbocycles. The second-order valence-corrected chi connectivity index (χ2v) is 4.17. The van der Waals surface area contributed by atoms with E-state index in [9.17, 15) is 14.4 Å². The van der Waals surface area contributed by atoms with Gasteiger partial charge in [-0.2, -0.15) is 5.10 Å². The van der Waals surface area contributed by atoms with Crippen molar-refractivity contribution < 1.29 is 19.5 Å². The molecule has 0 saturated carbocycles. The summed E-state index contributed by atoms with van der Waals surface area (Å²) in [6, 6.07) is -1.15. The molecule has 0 aromatic carbocycles. The number of aromatic nitrogens is 2.